The van der Waals surface area contributed by atoms with Crippen molar-refractivity contribution >= 4 is 0 Å². The molecule has 0 spiro atoms. The van der Waals surface area contributed by atoms with E-state index in [4.69, 9.17) is 0 Å². The van der Waals surface area contributed by atoms with Crippen LogP contribution >= 0.6 is 0 Å². The van der Waals surface area contributed by atoms with E-state index in [-0.39, 0.29) is 5.56 Å². The molecule has 2 aromatic rings. The Labute approximate surface area is 117 Å². The first kappa shape index (κ1) is 15.4. The lowest BCUT2D eigenvalue weighted by Gasteiger charge is -2.18. The highest BCUT2D eigenvalue weighted by Gasteiger charge is 2.34. The molecule has 2 nitrogen and oxygen atoms in total. The summed E-state index contributed by atoms with van der Waals surface area (Å²) >= 11 is 0. The number of rotatable bonds is 3. The summed E-state index contributed by atoms with van der Waals surface area (Å²) in [4.78, 5) is 3.66. The second-order valence-electron chi connectivity index (χ2n) is 4.40. The van der Waals surface area contributed by atoms with Crippen molar-refractivity contribution in [3.63, 3.8) is 0 Å². The number of hydrogen-bond donors (Lipinski definition) is 1. The minimum Gasteiger partial charge on any atom is -0.309 e. The summed E-state index contributed by atoms with van der Waals surface area (Å²) in [7, 11) is 1.51. The normalized spacial score (nSPS) is 13.2. The molecule has 0 amide bonds. The average Bonchev–Trinajstić information content (AvgIpc) is 2.40. The third-order valence-corrected chi connectivity index (χ3v) is 2.98. The Balaban J connectivity index is 2.49. The molecule has 0 aliphatic rings. The molecule has 1 unspecified atom stereocenters. The third-order valence-electron chi connectivity index (χ3n) is 2.98. The summed E-state index contributed by atoms with van der Waals surface area (Å²) < 4.78 is 64.7. The number of hydrogen-bond acceptors (Lipinski definition) is 2. The van der Waals surface area contributed by atoms with Crippen LogP contribution in [-0.4, -0.2) is 12.0 Å². The predicted octanol–water partition coefficient (Wildman–Crippen LogP) is 3.69. The van der Waals surface area contributed by atoms with Gasteiger partial charge in [0.15, 0.2) is 0 Å². The van der Waals surface area contributed by atoms with E-state index in [0.29, 0.717) is 11.6 Å². The highest BCUT2D eigenvalue weighted by molar-refractivity contribution is 5.35. The SMILES string of the molecule is CNC(c1cncc(F)c1)c1ccc(F)c(C(F)(F)F)c1. The van der Waals surface area contributed by atoms with Gasteiger partial charge in [0, 0.05) is 6.20 Å². The maximum Gasteiger partial charge on any atom is 0.419 e. The van der Waals surface area contributed by atoms with Gasteiger partial charge in [0.25, 0.3) is 0 Å². The van der Waals surface area contributed by atoms with Crippen LogP contribution in [0, 0.1) is 11.6 Å². The number of halogens is 5. The number of pyridine rings is 1. The minimum absolute atomic E-state index is 0.165. The maximum atomic E-state index is 13.3. The van der Waals surface area contributed by atoms with Gasteiger partial charge >= 0.3 is 6.18 Å². The highest BCUT2D eigenvalue weighted by Crippen LogP contribution is 2.34. The van der Waals surface area contributed by atoms with E-state index >= 15 is 0 Å². The van der Waals surface area contributed by atoms with Crippen molar-refractivity contribution in [2.75, 3.05) is 7.05 Å². The fourth-order valence-corrected chi connectivity index (χ4v) is 2.05. The van der Waals surface area contributed by atoms with Gasteiger partial charge in [-0.2, -0.15) is 13.2 Å². The Hall–Kier alpha value is -2.02. The first-order chi connectivity index (χ1) is 9.82. The Kier molecular flexibility index (Phi) is 4.22. The van der Waals surface area contributed by atoms with E-state index in [2.05, 4.69) is 10.3 Å². The number of alkyl halides is 3. The van der Waals surface area contributed by atoms with Crippen molar-refractivity contribution in [1.82, 2.24) is 10.3 Å². The van der Waals surface area contributed by atoms with E-state index in [0.717, 1.165) is 18.3 Å². The van der Waals surface area contributed by atoms with Crippen LogP contribution in [0.1, 0.15) is 22.7 Å². The molecule has 0 bridgehead atoms. The lowest BCUT2D eigenvalue weighted by Crippen LogP contribution is -2.19. The zero-order chi connectivity index (χ0) is 15.6. The molecule has 21 heavy (non-hydrogen) atoms. The fourth-order valence-electron chi connectivity index (χ4n) is 2.05. The molecular formula is C14H11F5N2. The van der Waals surface area contributed by atoms with Crippen molar-refractivity contribution in [3.8, 4) is 0 Å². The number of nitrogens with one attached hydrogen (secondary N) is 1. The second-order valence-corrected chi connectivity index (χ2v) is 4.40. The Morgan fingerprint density at radius 2 is 1.76 bits per heavy atom. The molecule has 0 aliphatic heterocycles. The van der Waals surface area contributed by atoms with E-state index in [1.54, 1.807) is 0 Å². The van der Waals surface area contributed by atoms with Gasteiger partial charge < -0.3 is 5.32 Å². The summed E-state index contributed by atoms with van der Waals surface area (Å²) in [5.41, 5.74) is -0.847. The molecule has 0 saturated carbocycles. The fraction of sp³-hybridized carbons (Fsp3) is 0.214. The van der Waals surface area contributed by atoms with Gasteiger partial charge in [-0.3, -0.25) is 4.98 Å². The lowest BCUT2D eigenvalue weighted by atomic mass is 9.98. The monoisotopic (exact) mass is 302 g/mol. The molecule has 0 radical (unpaired) electrons. The van der Waals surface area contributed by atoms with Crippen LogP contribution in [0.25, 0.3) is 0 Å². The number of aromatic nitrogens is 1. The number of benzene rings is 1. The van der Waals surface area contributed by atoms with E-state index in [1.807, 2.05) is 0 Å². The Bertz CT molecular complexity index is 640. The quantitative estimate of drug-likeness (QED) is 0.875. The van der Waals surface area contributed by atoms with Crippen LogP contribution in [-0.2, 0) is 6.18 Å². The van der Waals surface area contributed by atoms with Crippen molar-refractivity contribution in [2.45, 2.75) is 12.2 Å². The summed E-state index contributed by atoms with van der Waals surface area (Å²) in [6, 6.07) is 3.10. The third kappa shape index (κ3) is 3.36. The lowest BCUT2D eigenvalue weighted by molar-refractivity contribution is -0.140. The molecule has 1 atom stereocenters. The van der Waals surface area contributed by atoms with Crippen LogP contribution in [0.5, 0.6) is 0 Å². The van der Waals surface area contributed by atoms with Gasteiger partial charge in [-0.15, -0.1) is 0 Å². The standard InChI is InChI=1S/C14H11F5N2/c1-20-13(9-4-10(15)7-21-6-9)8-2-3-12(16)11(5-8)14(17,18)19/h2-7,13,20H,1H3. The zero-order valence-electron chi connectivity index (χ0n) is 10.9. The van der Waals surface area contributed by atoms with Crippen molar-refractivity contribution in [2.24, 2.45) is 0 Å². The first-order valence-corrected chi connectivity index (χ1v) is 5.97. The van der Waals surface area contributed by atoms with E-state index < -0.39 is 29.4 Å². The topological polar surface area (TPSA) is 24.9 Å². The van der Waals surface area contributed by atoms with Crippen molar-refractivity contribution in [3.05, 3.63) is 65.0 Å². The molecule has 1 aromatic carbocycles. The summed E-state index contributed by atoms with van der Waals surface area (Å²) in [5, 5.41) is 2.76. The van der Waals surface area contributed by atoms with Crippen molar-refractivity contribution < 1.29 is 22.0 Å². The van der Waals surface area contributed by atoms with Gasteiger partial charge in [0.1, 0.15) is 11.6 Å². The maximum absolute atomic E-state index is 13.3. The first-order valence-electron chi connectivity index (χ1n) is 5.97. The van der Waals surface area contributed by atoms with Crippen LogP contribution in [0.3, 0.4) is 0 Å². The zero-order valence-corrected chi connectivity index (χ0v) is 10.9. The average molecular weight is 302 g/mol. The minimum atomic E-state index is -4.79. The molecule has 1 aromatic heterocycles. The summed E-state index contributed by atoms with van der Waals surface area (Å²) in [6.07, 6.45) is -2.47. The van der Waals surface area contributed by atoms with Crippen LogP contribution in [0.4, 0.5) is 22.0 Å². The van der Waals surface area contributed by atoms with Gasteiger partial charge in [0.05, 0.1) is 17.8 Å². The van der Waals surface area contributed by atoms with Gasteiger partial charge in [-0.05, 0) is 36.4 Å². The molecule has 1 N–H and O–H groups in total. The molecule has 112 valence electrons. The Morgan fingerprint density at radius 1 is 1.05 bits per heavy atom. The molecular weight excluding hydrogens is 291 g/mol. The summed E-state index contributed by atoms with van der Waals surface area (Å²) in [6.45, 7) is 0. The van der Waals surface area contributed by atoms with Crippen LogP contribution < -0.4 is 5.32 Å². The Morgan fingerprint density at radius 3 is 2.33 bits per heavy atom. The molecule has 7 heteroatoms. The smallest absolute Gasteiger partial charge is 0.309 e. The van der Waals surface area contributed by atoms with Gasteiger partial charge in [0.2, 0.25) is 0 Å². The van der Waals surface area contributed by atoms with Crippen LogP contribution in [0.2, 0.25) is 0 Å². The highest BCUT2D eigenvalue weighted by atomic mass is 19.4. The van der Waals surface area contributed by atoms with Crippen LogP contribution in [0.15, 0.2) is 36.7 Å². The molecule has 0 saturated heterocycles. The second kappa shape index (κ2) is 5.77. The summed E-state index contributed by atoms with van der Waals surface area (Å²) in [5.74, 6) is -1.95. The molecule has 0 aliphatic carbocycles. The predicted molar refractivity (Wildman–Crippen MR) is 66.5 cm³/mol. The largest absolute Gasteiger partial charge is 0.419 e. The van der Waals surface area contributed by atoms with Gasteiger partial charge in [-0.1, -0.05) is 6.07 Å². The van der Waals surface area contributed by atoms with Crippen molar-refractivity contribution in [1.29, 1.82) is 0 Å². The molecule has 2 rings (SSSR count). The van der Waals surface area contributed by atoms with E-state index in [9.17, 15) is 22.0 Å². The number of nitrogens with zero attached hydrogens (tertiary/aromatic N) is 1. The van der Waals surface area contributed by atoms with E-state index in [1.165, 1.54) is 19.3 Å². The molecule has 0 fully saturated rings. The molecule has 1 heterocycles. The van der Waals surface area contributed by atoms with Gasteiger partial charge in [-0.25, -0.2) is 8.78 Å².